The zero-order valence-electron chi connectivity index (χ0n) is 12.3. The van der Waals surface area contributed by atoms with Gasteiger partial charge >= 0.3 is 0 Å². The van der Waals surface area contributed by atoms with E-state index in [9.17, 15) is 9.59 Å². The summed E-state index contributed by atoms with van der Waals surface area (Å²) in [7, 11) is 1.92. The number of hydrogen-bond acceptors (Lipinski definition) is 3. The number of nitrogens with zero attached hydrogens (tertiary/aromatic N) is 3. The molecule has 1 amide bonds. The van der Waals surface area contributed by atoms with Crippen LogP contribution < -0.4 is 10.9 Å². The Bertz CT molecular complexity index is 765. The Morgan fingerprint density at radius 1 is 1.50 bits per heavy atom. The van der Waals surface area contributed by atoms with Crippen LogP contribution in [0.5, 0.6) is 0 Å². The van der Waals surface area contributed by atoms with Crippen molar-refractivity contribution in [3.63, 3.8) is 0 Å². The highest BCUT2D eigenvalue weighted by molar-refractivity contribution is 9.10. The van der Waals surface area contributed by atoms with E-state index in [0.717, 1.165) is 29.3 Å². The number of nitrogens with one attached hydrogen (secondary N) is 1. The fourth-order valence-corrected chi connectivity index (χ4v) is 3.26. The lowest BCUT2D eigenvalue weighted by molar-refractivity contribution is -0.122. The summed E-state index contributed by atoms with van der Waals surface area (Å²) in [6.45, 7) is 0.0182. The number of pyridine rings is 1. The number of carbonyl (C=O) groups is 1. The minimum absolute atomic E-state index is 0.0182. The average Bonchev–Trinajstić information content (AvgIpc) is 2.86. The number of hydrogen-bond donors (Lipinski definition) is 1. The molecule has 116 valence electrons. The summed E-state index contributed by atoms with van der Waals surface area (Å²) in [5.74, 6) is -0.165. The highest BCUT2D eigenvalue weighted by atomic mass is 79.9. The Balaban J connectivity index is 1.73. The number of aromatic nitrogens is 3. The monoisotopic (exact) mass is 364 g/mol. The van der Waals surface area contributed by atoms with Crippen LogP contribution in [0.25, 0.3) is 0 Å². The molecule has 0 unspecified atom stereocenters. The number of fused-ring (bicyclic) bond motifs is 1. The van der Waals surface area contributed by atoms with Crippen molar-refractivity contribution in [3.8, 4) is 0 Å². The lowest BCUT2D eigenvalue weighted by Crippen LogP contribution is -2.35. The van der Waals surface area contributed by atoms with E-state index in [0.29, 0.717) is 0 Å². The van der Waals surface area contributed by atoms with E-state index in [-0.39, 0.29) is 24.1 Å². The van der Waals surface area contributed by atoms with Crippen LogP contribution in [0, 0.1) is 0 Å². The Morgan fingerprint density at radius 2 is 2.32 bits per heavy atom. The van der Waals surface area contributed by atoms with Crippen LogP contribution in [0.2, 0.25) is 0 Å². The van der Waals surface area contributed by atoms with Crippen molar-refractivity contribution >= 4 is 21.8 Å². The van der Waals surface area contributed by atoms with Gasteiger partial charge in [-0.3, -0.25) is 14.3 Å². The summed E-state index contributed by atoms with van der Waals surface area (Å²) in [6.07, 6.45) is 6.36. The van der Waals surface area contributed by atoms with Gasteiger partial charge in [0.1, 0.15) is 6.54 Å². The second kappa shape index (κ2) is 6.08. The Morgan fingerprint density at radius 3 is 3.14 bits per heavy atom. The second-order valence-corrected chi connectivity index (χ2v) is 6.41. The molecular formula is C15H17BrN4O2. The van der Waals surface area contributed by atoms with Crippen LogP contribution in [-0.4, -0.2) is 20.3 Å². The zero-order valence-corrected chi connectivity index (χ0v) is 13.8. The summed E-state index contributed by atoms with van der Waals surface area (Å²) in [5.41, 5.74) is 2.07. The van der Waals surface area contributed by atoms with Crippen molar-refractivity contribution in [1.82, 2.24) is 19.7 Å². The number of rotatable bonds is 3. The van der Waals surface area contributed by atoms with Gasteiger partial charge in [0.15, 0.2) is 0 Å². The summed E-state index contributed by atoms with van der Waals surface area (Å²) in [4.78, 5) is 24.0. The molecule has 0 radical (unpaired) electrons. The topological polar surface area (TPSA) is 68.9 Å². The summed E-state index contributed by atoms with van der Waals surface area (Å²) < 4.78 is 4.03. The molecule has 1 aliphatic rings. The smallest absolute Gasteiger partial charge is 0.251 e. The molecule has 0 spiro atoms. The SMILES string of the molecule is Cn1ncc2c1CCC[C@@H]2NC(=O)Cn1cc(Br)ccc1=O. The molecule has 0 aliphatic heterocycles. The first-order valence-electron chi connectivity index (χ1n) is 7.21. The first kappa shape index (κ1) is 15.0. The van der Waals surface area contributed by atoms with Gasteiger partial charge in [-0.05, 0) is 41.3 Å². The summed E-state index contributed by atoms with van der Waals surface area (Å²) in [6, 6.07) is 3.09. The van der Waals surface area contributed by atoms with E-state index in [2.05, 4.69) is 26.3 Å². The van der Waals surface area contributed by atoms with Gasteiger partial charge in [0, 0.05) is 35.0 Å². The minimum atomic E-state index is -0.191. The van der Waals surface area contributed by atoms with Crippen LogP contribution in [0.3, 0.4) is 0 Å². The van der Waals surface area contributed by atoms with Gasteiger partial charge in [0.25, 0.3) is 5.56 Å². The number of aryl methyl sites for hydroxylation is 1. The highest BCUT2D eigenvalue weighted by Crippen LogP contribution is 2.28. The van der Waals surface area contributed by atoms with Gasteiger partial charge in [0.05, 0.1) is 12.2 Å². The summed E-state index contributed by atoms with van der Waals surface area (Å²) in [5, 5.41) is 7.29. The van der Waals surface area contributed by atoms with Crippen molar-refractivity contribution in [2.75, 3.05) is 0 Å². The quantitative estimate of drug-likeness (QED) is 0.897. The number of amides is 1. The number of halogens is 1. The molecule has 0 aromatic carbocycles. The zero-order chi connectivity index (χ0) is 15.7. The fourth-order valence-electron chi connectivity index (χ4n) is 2.88. The van der Waals surface area contributed by atoms with Crippen molar-refractivity contribution in [3.05, 3.63) is 50.6 Å². The standard InChI is InChI=1S/C15H17BrN4O2/c1-19-13-4-2-3-12(11(13)7-17-19)18-14(21)9-20-8-10(16)5-6-15(20)22/h5-8,12H,2-4,9H2,1H3,(H,18,21)/t12-/m0/s1. The van der Waals surface area contributed by atoms with E-state index < -0.39 is 0 Å². The third-order valence-corrected chi connectivity index (χ3v) is 4.44. The van der Waals surface area contributed by atoms with Gasteiger partial charge in [-0.15, -0.1) is 0 Å². The molecule has 7 heteroatoms. The predicted octanol–water partition coefficient (Wildman–Crippen LogP) is 1.54. The van der Waals surface area contributed by atoms with E-state index in [4.69, 9.17) is 0 Å². The third-order valence-electron chi connectivity index (χ3n) is 3.97. The second-order valence-electron chi connectivity index (χ2n) is 5.50. The highest BCUT2D eigenvalue weighted by Gasteiger charge is 2.24. The largest absolute Gasteiger partial charge is 0.348 e. The van der Waals surface area contributed by atoms with Crippen LogP contribution >= 0.6 is 15.9 Å². The molecule has 22 heavy (non-hydrogen) atoms. The molecule has 6 nitrogen and oxygen atoms in total. The predicted molar refractivity (Wildman–Crippen MR) is 85.4 cm³/mol. The van der Waals surface area contributed by atoms with Crippen LogP contribution in [0.1, 0.15) is 30.1 Å². The lowest BCUT2D eigenvalue weighted by Gasteiger charge is -2.24. The van der Waals surface area contributed by atoms with Crippen molar-refractivity contribution < 1.29 is 4.79 Å². The summed E-state index contributed by atoms with van der Waals surface area (Å²) >= 11 is 3.31. The lowest BCUT2D eigenvalue weighted by atomic mass is 9.93. The van der Waals surface area contributed by atoms with Crippen LogP contribution in [0.4, 0.5) is 0 Å². The minimum Gasteiger partial charge on any atom is -0.348 e. The molecule has 0 fully saturated rings. The van der Waals surface area contributed by atoms with Gasteiger partial charge in [-0.25, -0.2) is 0 Å². The maximum atomic E-state index is 12.2. The van der Waals surface area contributed by atoms with Crippen molar-refractivity contribution in [2.45, 2.75) is 31.8 Å². The number of carbonyl (C=O) groups excluding carboxylic acids is 1. The molecule has 0 saturated heterocycles. The third kappa shape index (κ3) is 2.99. The Labute approximate surface area is 136 Å². The van der Waals surface area contributed by atoms with Gasteiger partial charge in [-0.1, -0.05) is 0 Å². The maximum Gasteiger partial charge on any atom is 0.251 e. The molecule has 1 aliphatic carbocycles. The van der Waals surface area contributed by atoms with Gasteiger partial charge in [-0.2, -0.15) is 5.10 Å². The van der Waals surface area contributed by atoms with E-state index in [1.807, 2.05) is 17.9 Å². The maximum absolute atomic E-state index is 12.2. The van der Waals surface area contributed by atoms with E-state index in [1.54, 1.807) is 12.3 Å². The molecule has 0 bridgehead atoms. The first-order valence-corrected chi connectivity index (χ1v) is 8.00. The normalized spacial score (nSPS) is 17.1. The molecule has 2 aromatic rings. The van der Waals surface area contributed by atoms with Crippen LogP contribution in [0.15, 0.2) is 33.8 Å². The Hall–Kier alpha value is -1.89. The van der Waals surface area contributed by atoms with Crippen molar-refractivity contribution in [2.24, 2.45) is 7.05 Å². The molecule has 0 saturated carbocycles. The van der Waals surface area contributed by atoms with Gasteiger partial charge in [0.2, 0.25) is 5.91 Å². The van der Waals surface area contributed by atoms with Gasteiger partial charge < -0.3 is 9.88 Å². The molecule has 3 rings (SSSR count). The molecular weight excluding hydrogens is 348 g/mol. The van der Waals surface area contributed by atoms with E-state index >= 15 is 0 Å². The first-order chi connectivity index (χ1) is 10.5. The average molecular weight is 365 g/mol. The Kier molecular flexibility index (Phi) is 4.15. The molecule has 1 atom stereocenters. The molecule has 1 N–H and O–H groups in total. The van der Waals surface area contributed by atoms with Crippen molar-refractivity contribution in [1.29, 1.82) is 0 Å². The van der Waals surface area contributed by atoms with E-state index in [1.165, 1.54) is 16.3 Å². The molecule has 2 heterocycles. The molecule has 2 aromatic heterocycles. The van der Waals surface area contributed by atoms with Crippen LogP contribution in [-0.2, 0) is 24.8 Å². The fraction of sp³-hybridized carbons (Fsp3) is 0.400.